The standard InChI is InChI=1S/C12H18N2O3S.2H2/c1-9(2)12(15)13-8-10-5-4-6-11(7-10)14-18(3,16)17;;/h4-7,9,14H,8H2,1-3H3,(H,13,15);2*1H. The maximum Gasteiger partial charge on any atom is 0.229 e. The van der Waals surface area contributed by atoms with Crippen molar-refractivity contribution in [3.8, 4) is 0 Å². The van der Waals surface area contributed by atoms with Gasteiger partial charge in [0.2, 0.25) is 15.9 Å². The van der Waals surface area contributed by atoms with E-state index in [1.807, 2.05) is 19.9 Å². The number of nitrogens with one attached hydrogen (secondary N) is 2. The Morgan fingerprint density at radius 2 is 2.06 bits per heavy atom. The predicted octanol–water partition coefficient (Wildman–Crippen LogP) is 1.82. The van der Waals surface area contributed by atoms with Crippen LogP contribution in [0.1, 0.15) is 22.3 Å². The number of hydrogen-bond acceptors (Lipinski definition) is 3. The number of benzene rings is 1. The van der Waals surface area contributed by atoms with Crippen molar-refractivity contribution < 1.29 is 16.1 Å². The van der Waals surface area contributed by atoms with Crippen molar-refractivity contribution in [1.29, 1.82) is 0 Å². The van der Waals surface area contributed by atoms with E-state index >= 15 is 0 Å². The number of anilines is 1. The normalized spacial score (nSPS) is 11.3. The van der Waals surface area contributed by atoms with Gasteiger partial charge < -0.3 is 5.32 Å². The summed E-state index contributed by atoms with van der Waals surface area (Å²) in [7, 11) is -3.28. The van der Waals surface area contributed by atoms with Crippen molar-refractivity contribution in [2.24, 2.45) is 5.92 Å². The van der Waals surface area contributed by atoms with E-state index in [2.05, 4.69) is 10.0 Å². The number of sulfonamides is 1. The van der Waals surface area contributed by atoms with Crippen LogP contribution in [-0.4, -0.2) is 20.6 Å². The second-order valence-corrected chi connectivity index (χ2v) is 6.20. The Morgan fingerprint density at radius 1 is 1.39 bits per heavy atom. The van der Waals surface area contributed by atoms with Crippen molar-refractivity contribution >= 4 is 21.6 Å². The van der Waals surface area contributed by atoms with Crippen LogP contribution in [0.25, 0.3) is 0 Å². The number of carbonyl (C=O) groups is 1. The molecule has 0 aliphatic rings. The van der Waals surface area contributed by atoms with Gasteiger partial charge in [-0.15, -0.1) is 0 Å². The Labute approximate surface area is 111 Å². The van der Waals surface area contributed by atoms with Gasteiger partial charge in [-0.25, -0.2) is 8.42 Å². The summed E-state index contributed by atoms with van der Waals surface area (Å²) in [6.45, 7) is 4.02. The first-order valence-electron chi connectivity index (χ1n) is 5.62. The van der Waals surface area contributed by atoms with Crippen LogP contribution in [0.2, 0.25) is 0 Å². The summed E-state index contributed by atoms with van der Waals surface area (Å²) >= 11 is 0. The molecule has 0 aliphatic heterocycles. The van der Waals surface area contributed by atoms with Crippen LogP contribution in [0, 0.1) is 5.92 Å². The smallest absolute Gasteiger partial charge is 0.229 e. The molecule has 5 nitrogen and oxygen atoms in total. The van der Waals surface area contributed by atoms with E-state index in [0.29, 0.717) is 12.2 Å². The topological polar surface area (TPSA) is 75.3 Å². The summed E-state index contributed by atoms with van der Waals surface area (Å²) < 4.78 is 24.6. The van der Waals surface area contributed by atoms with Gasteiger partial charge in [-0.1, -0.05) is 26.0 Å². The van der Waals surface area contributed by atoms with Crippen molar-refractivity contribution in [2.45, 2.75) is 20.4 Å². The molecular formula is C12H22N2O3S. The van der Waals surface area contributed by atoms with Crippen LogP contribution in [-0.2, 0) is 21.4 Å². The van der Waals surface area contributed by atoms with E-state index in [9.17, 15) is 13.2 Å². The van der Waals surface area contributed by atoms with Gasteiger partial charge in [0.15, 0.2) is 0 Å². The molecule has 6 heteroatoms. The Balaban J connectivity index is 0. The summed E-state index contributed by atoms with van der Waals surface area (Å²) in [4.78, 5) is 11.4. The molecule has 0 saturated heterocycles. The first-order chi connectivity index (χ1) is 8.28. The Bertz CT molecular complexity index is 533. The lowest BCUT2D eigenvalue weighted by Crippen LogP contribution is -2.27. The molecule has 0 aromatic heterocycles. The Hall–Kier alpha value is -1.56. The highest BCUT2D eigenvalue weighted by molar-refractivity contribution is 7.92. The van der Waals surface area contributed by atoms with Crippen molar-refractivity contribution in [3.63, 3.8) is 0 Å². The van der Waals surface area contributed by atoms with E-state index in [4.69, 9.17) is 0 Å². The molecule has 0 fully saturated rings. The lowest BCUT2D eigenvalue weighted by Gasteiger charge is -2.09. The molecule has 0 saturated carbocycles. The van der Waals surface area contributed by atoms with Crippen LogP contribution in [0.15, 0.2) is 24.3 Å². The zero-order valence-corrected chi connectivity index (χ0v) is 11.5. The minimum absolute atomic E-state index is 0. The zero-order chi connectivity index (χ0) is 13.8. The van der Waals surface area contributed by atoms with Crippen LogP contribution in [0.3, 0.4) is 0 Å². The lowest BCUT2D eigenvalue weighted by molar-refractivity contribution is -0.124. The Kier molecular flexibility index (Phi) is 4.72. The lowest BCUT2D eigenvalue weighted by atomic mass is 10.1. The molecule has 0 atom stereocenters. The number of rotatable bonds is 5. The fourth-order valence-corrected chi connectivity index (χ4v) is 1.91. The molecule has 1 rings (SSSR count). The van der Waals surface area contributed by atoms with Crippen molar-refractivity contribution in [1.82, 2.24) is 5.32 Å². The molecule has 0 unspecified atom stereocenters. The SMILES string of the molecule is CC(C)C(=O)NCc1cccc(NS(C)(=O)=O)c1.[HH].[HH]. The first-order valence-corrected chi connectivity index (χ1v) is 7.51. The average molecular weight is 274 g/mol. The molecule has 0 aliphatic carbocycles. The third-order valence-electron chi connectivity index (χ3n) is 2.22. The second-order valence-electron chi connectivity index (χ2n) is 4.45. The van der Waals surface area contributed by atoms with Gasteiger partial charge in [-0.05, 0) is 17.7 Å². The van der Waals surface area contributed by atoms with E-state index in [1.54, 1.807) is 18.2 Å². The van der Waals surface area contributed by atoms with Gasteiger partial charge in [0.1, 0.15) is 0 Å². The first kappa shape index (κ1) is 14.5. The Morgan fingerprint density at radius 3 is 2.61 bits per heavy atom. The van der Waals surface area contributed by atoms with E-state index in [-0.39, 0.29) is 14.7 Å². The number of amides is 1. The van der Waals surface area contributed by atoms with Crippen molar-refractivity contribution in [3.05, 3.63) is 29.8 Å². The molecular weight excluding hydrogens is 252 g/mol. The molecule has 0 radical (unpaired) electrons. The fraction of sp³-hybridized carbons (Fsp3) is 0.417. The molecule has 0 heterocycles. The molecule has 1 aromatic rings. The van der Waals surface area contributed by atoms with E-state index < -0.39 is 10.0 Å². The summed E-state index contributed by atoms with van der Waals surface area (Å²) in [6.07, 6.45) is 1.10. The third-order valence-corrected chi connectivity index (χ3v) is 2.83. The molecule has 2 N–H and O–H groups in total. The minimum atomic E-state index is -3.28. The molecule has 1 aromatic carbocycles. The van der Waals surface area contributed by atoms with E-state index in [0.717, 1.165) is 11.8 Å². The van der Waals surface area contributed by atoms with Gasteiger partial charge in [0, 0.05) is 21.0 Å². The van der Waals surface area contributed by atoms with Crippen LogP contribution >= 0.6 is 0 Å². The molecule has 0 spiro atoms. The van der Waals surface area contributed by atoms with E-state index in [1.165, 1.54) is 0 Å². The van der Waals surface area contributed by atoms with Crippen LogP contribution in [0.4, 0.5) is 5.69 Å². The van der Waals surface area contributed by atoms with Gasteiger partial charge in [-0.2, -0.15) is 0 Å². The fourth-order valence-electron chi connectivity index (χ4n) is 1.35. The predicted molar refractivity (Wildman–Crippen MR) is 75.8 cm³/mol. The van der Waals surface area contributed by atoms with Crippen LogP contribution in [0.5, 0.6) is 0 Å². The molecule has 104 valence electrons. The van der Waals surface area contributed by atoms with Gasteiger partial charge in [0.25, 0.3) is 0 Å². The number of carbonyl (C=O) groups excluding carboxylic acids is 1. The highest BCUT2D eigenvalue weighted by Gasteiger charge is 2.06. The van der Waals surface area contributed by atoms with Gasteiger partial charge >= 0.3 is 0 Å². The highest BCUT2D eigenvalue weighted by Crippen LogP contribution is 2.11. The molecule has 0 bridgehead atoms. The molecule has 18 heavy (non-hydrogen) atoms. The van der Waals surface area contributed by atoms with Gasteiger partial charge in [-0.3, -0.25) is 9.52 Å². The summed E-state index contributed by atoms with van der Waals surface area (Å²) in [5.41, 5.74) is 1.34. The van der Waals surface area contributed by atoms with Gasteiger partial charge in [0.05, 0.1) is 6.26 Å². The largest absolute Gasteiger partial charge is 0.352 e. The summed E-state index contributed by atoms with van der Waals surface area (Å²) in [5, 5.41) is 2.77. The number of hydrogen-bond donors (Lipinski definition) is 2. The molecule has 1 amide bonds. The monoisotopic (exact) mass is 274 g/mol. The summed E-state index contributed by atoms with van der Waals surface area (Å²) in [5.74, 6) is -0.0983. The van der Waals surface area contributed by atoms with Crippen LogP contribution < -0.4 is 10.0 Å². The summed E-state index contributed by atoms with van der Waals surface area (Å²) in [6, 6.07) is 6.93. The maximum absolute atomic E-state index is 11.4. The third kappa shape index (κ3) is 5.18. The maximum atomic E-state index is 11.4. The second kappa shape index (κ2) is 5.86. The van der Waals surface area contributed by atoms with Crippen molar-refractivity contribution in [2.75, 3.05) is 11.0 Å². The quantitative estimate of drug-likeness (QED) is 0.860. The highest BCUT2D eigenvalue weighted by atomic mass is 32.2. The zero-order valence-electron chi connectivity index (χ0n) is 10.7. The minimum Gasteiger partial charge on any atom is -0.352 e. The average Bonchev–Trinajstić information content (AvgIpc) is 2.23.